The minimum Gasteiger partial charge on any atom is -0.463 e. The second-order valence-electron chi connectivity index (χ2n) is 13.8. The lowest BCUT2D eigenvalue weighted by Gasteiger charge is -2.36. The van der Waals surface area contributed by atoms with E-state index in [1.807, 2.05) is 12.1 Å². The molecule has 1 aliphatic carbocycles. The molecule has 3 aliphatic heterocycles. The first-order chi connectivity index (χ1) is 22.6. The summed E-state index contributed by atoms with van der Waals surface area (Å²) in [5.41, 5.74) is 1.72. The highest BCUT2D eigenvalue weighted by Gasteiger charge is 2.47. The number of hydrogen-bond acceptors (Lipinski definition) is 7. The molecule has 1 N–H and O–H groups in total. The maximum Gasteiger partial charge on any atom is 0.391 e. The van der Waals surface area contributed by atoms with E-state index >= 15 is 4.39 Å². The molecule has 12 heteroatoms. The van der Waals surface area contributed by atoms with Crippen LogP contribution in [-0.4, -0.2) is 77.9 Å². The van der Waals surface area contributed by atoms with E-state index < -0.39 is 17.9 Å². The van der Waals surface area contributed by atoms with Gasteiger partial charge in [0.15, 0.2) is 5.82 Å². The van der Waals surface area contributed by atoms with Gasteiger partial charge in [0.2, 0.25) is 0 Å². The van der Waals surface area contributed by atoms with Gasteiger partial charge in [-0.25, -0.2) is 13.8 Å². The summed E-state index contributed by atoms with van der Waals surface area (Å²) in [5.74, 6) is -1.59. The number of aryl methyl sites for hydroxylation is 2. The first-order valence-corrected chi connectivity index (χ1v) is 16.6. The second kappa shape index (κ2) is 11.5. The lowest BCUT2D eigenvalue weighted by Crippen LogP contribution is -2.51. The molecule has 2 aromatic carbocycles. The number of piperidine rings is 1. The van der Waals surface area contributed by atoms with Crippen LogP contribution in [0.2, 0.25) is 0 Å². The van der Waals surface area contributed by atoms with E-state index in [1.165, 1.54) is 6.07 Å². The number of rotatable bonds is 6. The molecule has 2 saturated heterocycles. The van der Waals surface area contributed by atoms with E-state index in [2.05, 4.69) is 20.1 Å². The van der Waals surface area contributed by atoms with Gasteiger partial charge in [0.1, 0.15) is 22.8 Å². The third-order valence-corrected chi connectivity index (χ3v) is 10.7. The van der Waals surface area contributed by atoms with Gasteiger partial charge in [0.25, 0.3) is 0 Å². The van der Waals surface area contributed by atoms with Crippen molar-refractivity contribution in [2.24, 2.45) is 11.3 Å². The molecule has 0 bridgehead atoms. The Balaban J connectivity index is 1.16. The van der Waals surface area contributed by atoms with Crippen LogP contribution >= 0.6 is 0 Å². The Bertz CT molecular complexity index is 1850. The fraction of sp³-hybridized carbons (Fsp3) is 0.514. The van der Waals surface area contributed by atoms with Crippen LogP contribution in [0.15, 0.2) is 30.3 Å². The maximum atomic E-state index is 16.9. The number of ether oxygens (including phenoxy) is 1. The van der Waals surface area contributed by atoms with Crippen molar-refractivity contribution in [3.8, 4) is 17.3 Å². The van der Waals surface area contributed by atoms with Crippen molar-refractivity contribution in [2.45, 2.75) is 57.7 Å². The molecule has 2 aromatic heterocycles. The number of aromatic nitrogens is 3. The van der Waals surface area contributed by atoms with Gasteiger partial charge in [0, 0.05) is 43.2 Å². The van der Waals surface area contributed by atoms with Crippen molar-refractivity contribution < 1.29 is 26.7 Å². The van der Waals surface area contributed by atoms with Crippen LogP contribution in [-0.2, 0) is 6.42 Å². The number of halogens is 5. The normalized spacial score (nSPS) is 21.6. The molecule has 8 rings (SSSR count). The summed E-state index contributed by atoms with van der Waals surface area (Å²) in [7, 11) is 0. The average molecular weight is 653 g/mol. The van der Waals surface area contributed by atoms with Gasteiger partial charge in [-0.3, -0.25) is 0 Å². The van der Waals surface area contributed by atoms with Crippen molar-refractivity contribution in [1.29, 1.82) is 0 Å². The van der Waals surface area contributed by atoms with E-state index in [0.29, 0.717) is 72.6 Å². The van der Waals surface area contributed by atoms with Crippen LogP contribution in [0.25, 0.3) is 32.9 Å². The lowest BCUT2D eigenvalue weighted by molar-refractivity contribution is -0.185. The monoisotopic (exact) mass is 652 g/mol. The van der Waals surface area contributed by atoms with Crippen LogP contribution in [0.5, 0.6) is 6.01 Å². The molecule has 47 heavy (non-hydrogen) atoms. The molecule has 4 aromatic rings. The summed E-state index contributed by atoms with van der Waals surface area (Å²) < 4.78 is 77.5. The number of anilines is 1. The lowest BCUT2D eigenvalue weighted by atomic mass is 9.95. The van der Waals surface area contributed by atoms with Crippen LogP contribution in [0.3, 0.4) is 0 Å². The largest absolute Gasteiger partial charge is 0.463 e. The third kappa shape index (κ3) is 5.56. The molecule has 0 amide bonds. The average Bonchev–Trinajstić information content (AvgIpc) is 3.86. The van der Waals surface area contributed by atoms with Crippen molar-refractivity contribution in [3.63, 3.8) is 0 Å². The van der Waals surface area contributed by atoms with Gasteiger partial charge in [-0.15, -0.1) is 0 Å². The van der Waals surface area contributed by atoms with Gasteiger partial charge in [-0.05, 0) is 80.9 Å². The quantitative estimate of drug-likeness (QED) is 0.236. The van der Waals surface area contributed by atoms with E-state index in [0.717, 1.165) is 37.7 Å². The van der Waals surface area contributed by atoms with Gasteiger partial charge in [0.05, 0.1) is 23.6 Å². The standard InChI is InChI=1S/C35H37F5N6O/c1-20-25(36)7-5-21-3-2-4-24(27(20)21)30-29(37)31-28-26(42-30)8-6-23-17-41-13-16-46(23)32(28)44-33(43-31)47-19-34(11-12-34)18-45-14-9-22(10-15-45)35(38,39)40/h2-5,7,22-23,41H,6,8-19H2,1H3/t23-/m0/s1. The summed E-state index contributed by atoms with van der Waals surface area (Å²) in [6.45, 7) is 5.69. The van der Waals surface area contributed by atoms with Crippen molar-refractivity contribution in [1.82, 2.24) is 25.2 Å². The molecule has 4 aliphatic rings. The molecular formula is C35H37F5N6O. The number of pyridine rings is 1. The first-order valence-electron chi connectivity index (χ1n) is 16.6. The molecule has 5 heterocycles. The summed E-state index contributed by atoms with van der Waals surface area (Å²) in [4.78, 5) is 18.8. The Morgan fingerprint density at radius 3 is 2.55 bits per heavy atom. The molecule has 1 atom stereocenters. The van der Waals surface area contributed by atoms with E-state index in [9.17, 15) is 17.6 Å². The van der Waals surface area contributed by atoms with E-state index in [1.54, 1.807) is 19.1 Å². The van der Waals surface area contributed by atoms with Gasteiger partial charge < -0.3 is 19.9 Å². The highest BCUT2D eigenvalue weighted by molar-refractivity contribution is 6.01. The van der Waals surface area contributed by atoms with Crippen LogP contribution < -0.4 is 15.0 Å². The molecule has 3 fully saturated rings. The molecule has 0 unspecified atom stereocenters. The summed E-state index contributed by atoms with van der Waals surface area (Å²) >= 11 is 0. The molecule has 248 valence electrons. The zero-order valence-corrected chi connectivity index (χ0v) is 26.3. The summed E-state index contributed by atoms with van der Waals surface area (Å²) in [6, 6.07) is 8.81. The topological polar surface area (TPSA) is 66.4 Å². The van der Waals surface area contributed by atoms with Crippen molar-refractivity contribution >= 4 is 27.5 Å². The Morgan fingerprint density at radius 2 is 1.79 bits per heavy atom. The van der Waals surface area contributed by atoms with Gasteiger partial charge >= 0.3 is 12.2 Å². The van der Waals surface area contributed by atoms with Crippen molar-refractivity contribution in [2.75, 3.05) is 50.8 Å². The van der Waals surface area contributed by atoms with Gasteiger partial charge in [-0.2, -0.15) is 23.1 Å². The zero-order chi connectivity index (χ0) is 32.5. The SMILES string of the molecule is Cc1c(F)ccc2cccc(-c3nc4c5c(nc(OCC6(CN7CCC(C(F)(F)F)CC7)CC6)nc5c3F)N3CCNC[C@@H]3CC4)c12. The Hall–Kier alpha value is -3.64. The highest BCUT2D eigenvalue weighted by Crippen LogP contribution is 2.48. The Morgan fingerprint density at radius 1 is 0.979 bits per heavy atom. The first kappa shape index (κ1) is 30.7. The number of hydrogen-bond donors (Lipinski definition) is 1. The summed E-state index contributed by atoms with van der Waals surface area (Å²) in [5, 5.41) is 5.44. The molecule has 7 nitrogen and oxygen atoms in total. The van der Waals surface area contributed by atoms with Crippen LogP contribution in [0.4, 0.5) is 27.8 Å². The minimum absolute atomic E-state index is 0.0795. The predicted octanol–water partition coefficient (Wildman–Crippen LogP) is 6.59. The number of likely N-dealkylation sites (tertiary alicyclic amines) is 1. The Kier molecular flexibility index (Phi) is 7.51. The molecule has 0 spiro atoms. The maximum absolute atomic E-state index is 16.9. The van der Waals surface area contributed by atoms with Crippen molar-refractivity contribution in [3.05, 3.63) is 53.2 Å². The fourth-order valence-corrected chi connectivity index (χ4v) is 7.81. The smallest absolute Gasteiger partial charge is 0.391 e. The second-order valence-corrected chi connectivity index (χ2v) is 13.8. The number of alkyl halides is 3. The number of fused-ring (bicyclic) bond motifs is 3. The zero-order valence-electron chi connectivity index (χ0n) is 26.3. The number of benzene rings is 2. The van der Waals surface area contributed by atoms with E-state index in [4.69, 9.17) is 14.7 Å². The molecular weight excluding hydrogens is 615 g/mol. The fourth-order valence-electron chi connectivity index (χ4n) is 7.81. The molecule has 0 radical (unpaired) electrons. The molecule has 1 saturated carbocycles. The number of nitrogens with zero attached hydrogens (tertiary/aromatic N) is 5. The summed E-state index contributed by atoms with van der Waals surface area (Å²) in [6.07, 6.45) is -0.712. The Labute approximate surface area is 269 Å². The van der Waals surface area contributed by atoms with Crippen LogP contribution in [0, 0.1) is 29.9 Å². The highest BCUT2D eigenvalue weighted by atomic mass is 19.4. The minimum atomic E-state index is -4.14. The predicted molar refractivity (Wildman–Crippen MR) is 170 cm³/mol. The van der Waals surface area contributed by atoms with E-state index in [-0.39, 0.29) is 47.3 Å². The number of piperazine rings is 1. The van der Waals surface area contributed by atoms with Gasteiger partial charge in [-0.1, -0.05) is 24.3 Å². The van der Waals surface area contributed by atoms with Crippen LogP contribution in [0.1, 0.15) is 43.4 Å². The third-order valence-electron chi connectivity index (χ3n) is 10.7. The number of nitrogens with one attached hydrogen (secondary N) is 1.